The zero-order valence-electron chi connectivity index (χ0n) is 21.7. The lowest BCUT2D eigenvalue weighted by molar-refractivity contribution is -0.139. The molecule has 0 aromatic heterocycles. The fourth-order valence-electron chi connectivity index (χ4n) is 3.93. The Kier molecular flexibility index (Phi) is 9.15. The molecular weight excluding hydrogens is 554 g/mol. The highest BCUT2D eigenvalue weighted by molar-refractivity contribution is 9.10. The minimum atomic E-state index is -4.09. The first-order valence-electron chi connectivity index (χ1n) is 11.9. The molecule has 0 fully saturated rings. The van der Waals surface area contributed by atoms with Gasteiger partial charge < -0.3 is 10.2 Å². The van der Waals surface area contributed by atoms with E-state index >= 15 is 0 Å². The number of carbonyl (C=O) groups excluding carboxylic acids is 2. The molecule has 9 heteroatoms. The highest BCUT2D eigenvalue weighted by Crippen LogP contribution is 2.29. The smallest absolute Gasteiger partial charge is 0.264 e. The normalized spacial score (nSPS) is 12.1. The molecular formula is C28H32BrN3O4S. The van der Waals surface area contributed by atoms with Crippen molar-refractivity contribution >= 4 is 43.5 Å². The van der Waals surface area contributed by atoms with Crippen LogP contribution >= 0.6 is 15.9 Å². The van der Waals surface area contributed by atoms with Crippen molar-refractivity contribution in [2.24, 2.45) is 0 Å². The van der Waals surface area contributed by atoms with Crippen molar-refractivity contribution in [2.45, 2.75) is 45.2 Å². The molecule has 0 aliphatic rings. The third kappa shape index (κ3) is 6.59. The summed E-state index contributed by atoms with van der Waals surface area (Å²) in [6.07, 6.45) is 0. The van der Waals surface area contributed by atoms with Crippen LogP contribution in [0.15, 0.2) is 76.1 Å². The number of benzene rings is 3. The van der Waals surface area contributed by atoms with Gasteiger partial charge in [0.15, 0.2) is 0 Å². The van der Waals surface area contributed by atoms with Gasteiger partial charge in [0.05, 0.1) is 10.6 Å². The number of anilines is 1. The zero-order valence-corrected chi connectivity index (χ0v) is 24.1. The summed E-state index contributed by atoms with van der Waals surface area (Å²) in [5, 5.41) is 2.59. The van der Waals surface area contributed by atoms with Gasteiger partial charge in [-0.05, 0) is 74.7 Å². The van der Waals surface area contributed by atoms with E-state index in [1.807, 2.05) is 51.1 Å². The van der Waals surface area contributed by atoms with Crippen LogP contribution in [0.25, 0.3) is 0 Å². The number of carbonyl (C=O) groups is 2. The zero-order chi connectivity index (χ0) is 27.3. The van der Waals surface area contributed by atoms with Gasteiger partial charge >= 0.3 is 0 Å². The quantitative estimate of drug-likeness (QED) is 0.393. The first kappa shape index (κ1) is 28.4. The Bertz CT molecular complexity index is 1370. The molecule has 0 bridgehead atoms. The van der Waals surface area contributed by atoms with E-state index in [1.54, 1.807) is 43.3 Å². The number of hydrogen-bond donors (Lipinski definition) is 1. The molecule has 0 saturated heterocycles. The van der Waals surface area contributed by atoms with E-state index in [9.17, 15) is 18.0 Å². The topological polar surface area (TPSA) is 86.8 Å². The highest BCUT2D eigenvalue weighted by atomic mass is 79.9. The molecule has 37 heavy (non-hydrogen) atoms. The van der Waals surface area contributed by atoms with E-state index in [0.29, 0.717) is 5.69 Å². The summed E-state index contributed by atoms with van der Waals surface area (Å²) in [4.78, 5) is 27.9. The summed E-state index contributed by atoms with van der Waals surface area (Å²) < 4.78 is 29.8. The lowest BCUT2D eigenvalue weighted by atomic mass is 10.1. The maximum absolute atomic E-state index is 13.9. The van der Waals surface area contributed by atoms with Crippen molar-refractivity contribution in [1.82, 2.24) is 10.2 Å². The van der Waals surface area contributed by atoms with Crippen LogP contribution in [0.1, 0.15) is 29.2 Å². The number of rotatable bonds is 9. The third-order valence-electron chi connectivity index (χ3n) is 6.41. The van der Waals surface area contributed by atoms with Crippen LogP contribution in [-0.4, -0.2) is 44.8 Å². The molecule has 1 N–H and O–H groups in total. The molecule has 3 aromatic carbocycles. The molecule has 0 spiro atoms. The Hall–Kier alpha value is -3.17. The summed E-state index contributed by atoms with van der Waals surface area (Å²) in [6.45, 7) is 6.92. The number of nitrogens with zero attached hydrogens (tertiary/aromatic N) is 2. The maximum atomic E-state index is 13.9. The number of likely N-dealkylation sites (N-methyl/N-ethyl adjacent to an activating group) is 1. The Balaban J connectivity index is 2.07. The number of hydrogen-bond acceptors (Lipinski definition) is 4. The minimum absolute atomic E-state index is 0.0885. The minimum Gasteiger partial charge on any atom is -0.357 e. The van der Waals surface area contributed by atoms with Crippen LogP contribution in [-0.2, 0) is 26.2 Å². The molecule has 0 radical (unpaired) electrons. The van der Waals surface area contributed by atoms with Gasteiger partial charge in [0.2, 0.25) is 11.8 Å². The highest BCUT2D eigenvalue weighted by Gasteiger charge is 2.33. The van der Waals surface area contributed by atoms with Crippen LogP contribution in [0.5, 0.6) is 0 Å². The second-order valence-electron chi connectivity index (χ2n) is 8.98. The predicted molar refractivity (Wildman–Crippen MR) is 150 cm³/mol. The molecule has 7 nitrogen and oxygen atoms in total. The second kappa shape index (κ2) is 11.9. The van der Waals surface area contributed by atoms with Crippen molar-refractivity contribution in [3.8, 4) is 0 Å². The van der Waals surface area contributed by atoms with Gasteiger partial charge in [-0.25, -0.2) is 8.42 Å². The summed E-state index contributed by atoms with van der Waals surface area (Å²) in [5.74, 6) is -0.833. The van der Waals surface area contributed by atoms with Crippen molar-refractivity contribution in [3.63, 3.8) is 0 Å². The Morgan fingerprint density at radius 3 is 2.16 bits per heavy atom. The van der Waals surface area contributed by atoms with E-state index < -0.39 is 28.5 Å². The summed E-state index contributed by atoms with van der Waals surface area (Å²) in [6, 6.07) is 18.5. The average Bonchev–Trinajstić information content (AvgIpc) is 2.88. The van der Waals surface area contributed by atoms with E-state index in [1.165, 1.54) is 11.9 Å². The largest absolute Gasteiger partial charge is 0.357 e. The van der Waals surface area contributed by atoms with Crippen LogP contribution in [0.3, 0.4) is 0 Å². The molecule has 0 heterocycles. The van der Waals surface area contributed by atoms with Crippen molar-refractivity contribution in [3.05, 3.63) is 93.5 Å². The molecule has 3 aromatic rings. The monoisotopic (exact) mass is 585 g/mol. The molecule has 1 unspecified atom stereocenters. The summed E-state index contributed by atoms with van der Waals surface area (Å²) >= 11 is 3.41. The number of nitrogens with one attached hydrogen (secondary N) is 1. The van der Waals surface area contributed by atoms with Gasteiger partial charge in [0.25, 0.3) is 10.0 Å². The van der Waals surface area contributed by atoms with E-state index in [2.05, 4.69) is 21.2 Å². The van der Waals surface area contributed by atoms with Crippen LogP contribution in [0.2, 0.25) is 0 Å². The van der Waals surface area contributed by atoms with Crippen molar-refractivity contribution < 1.29 is 18.0 Å². The van der Waals surface area contributed by atoms with Gasteiger partial charge in [-0.15, -0.1) is 0 Å². The van der Waals surface area contributed by atoms with E-state index in [0.717, 1.165) is 31.0 Å². The summed E-state index contributed by atoms with van der Waals surface area (Å²) in [5.41, 5.74) is 3.81. The summed E-state index contributed by atoms with van der Waals surface area (Å²) in [7, 11) is -2.58. The lowest BCUT2D eigenvalue weighted by Gasteiger charge is -2.32. The van der Waals surface area contributed by atoms with E-state index in [-0.39, 0.29) is 17.3 Å². The average molecular weight is 587 g/mol. The first-order valence-corrected chi connectivity index (χ1v) is 14.1. The molecule has 0 aliphatic carbocycles. The van der Waals surface area contributed by atoms with Gasteiger partial charge in [-0.1, -0.05) is 57.9 Å². The molecule has 2 amide bonds. The standard InChI is InChI=1S/C28H32BrN3O4S/c1-19-9-15-25(16-10-19)37(35,36)32(26-8-6-7-20(2)21(26)3)18-27(33)31(22(4)28(34)30-5)17-23-11-13-24(29)14-12-23/h6-16,22H,17-18H2,1-5H3,(H,30,34). The Morgan fingerprint density at radius 2 is 1.57 bits per heavy atom. The number of aryl methyl sites for hydroxylation is 2. The lowest BCUT2D eigenvalue weighted by Crippen LogP contribution is -2.50. The van der Waals surface area contributed by atoms with Crippen molar-refractivity contribution in [2.75, 3.05) is 17.9 Å². The van der Waals surface area contributed by atoms with Gasteiger partial charge in [-0.2, -0.15) is 0 Å². The predicted octanol–water partition coefficient (Wildman–Crippen LogP) is 4.73. The Labute approximate surface area is 227 Å². The second-order valence-corrected chi connectivity index (χ2v) is 11.8. The number of amides is 2. The van der Waals surface area contributed by atoms with Crippen molar-refractivity contribution in [1.29, 1.82) is 0 Å². The fourth-order valence-corrected chi connectivity index (χ4v) is 5.67. The maximum Gasteiger partial charge on any atom is 0.264 e. The van der Waals surface area contributed by atoms with Gasteiger partial charge in [0, 0.05) is 18.1 Å². The molecule has 3 rings (SSSR count). The SMILES string of the molecule is CNC(=O)C(C)N(Cc1ccc(Br)cc1)C(=O)CN(c1cccc(C)c1C)S(=O)(=O)c1ccc(C)cc1. The van der Waals surface area contributed by atoms with Crippen LogP contribution in [0.4, 0.5) is 5.69 Å². The fraction of sp³-hybridized carbons (Fsp3) is 0.286. The van der Waals surface area contributed by atoms with Gasteiger partial charge in [-0.3, -0.25) is 13.9 Å². The molecule has 1 atom stereocenters. The molecule has 0 saturated carbocycles. The molecule has 0 aliphatic heterocycles. The van der Waals surface area contributed by atoms with Gasteiger partial charge in [0.1, 0.15) is 12.6 Å². The number of halogens is 1. The first-order chi connectivity index (χ1) is 17.4. The Morgan fingerprint density at radius 1 is 0.946 bits per heavy atom. The third-order valence-corrected chi connectivity index (χ3v) is 8.72. The van der Waals surface area contributed by atoms with Crippen LogP contribution < -0.4 is 9.62 Å². The van der Waals surface area contributed by atoms with Crippen LogP contribution in [0, 0.1) is 20.8 Å². The number of sulfonamides is 1. The molecule has 196 valence electrons. The van der Waals surface area contributed by atoms with E-state index in [4.69, 9.17) is 0 Å².